The Bertz CT molecular complexity index is 618. The summed E-state index contributed by atoms with van der Waals surface area (Å²) in [6, 6.07) is 8.21. The van der Waals surface area contributed by atoms with Crippen LogP contribution < -0.4 is 5.73 Å². The van der Waals surface area contributed by atoms with Gasteiger partial charge in [-0.05, 0) is 31.9 Å². The van der Waals surface area contributed by atoms with Crippen LogP contribution in [0.1, 0.15) is 22.5 Å². The summed E-state index contributed by atoms with van der Waals surface area (Å²) in [7, 11) is 0. The quantitative estimate of drug-likeness (QED) is 0.811. The second-order valence-corrected chi connectivity index (χ2v) is 4.20. The molecule has 17 heavy (non-hydrogen) atoms. The van der Waals surface area contributed by atoms with Crippen molar-refractivity contribution in [2.24, 2.45) is 0 Å². The van der Waals surface area contributed by atoms with Crippen molar-refractivity contribution in [3.8, 4) is 17.2 Å². The minimum Gasteiger partial charge on any atom is -0.444 e. The van der Waals surface area contributed by atoms with Crippen LogP contribution in [-0.2, 0) is 0 Å². The molecule has 3 nitrogen and oxygen atoms in total. The number of aryl methyl sites for hydroxylation is 3. The molecule has 0 radical (unpaired) electrons. The molecule has 0 amide bonds. The Morgan fingerprint density at radius 1 is 1.24 bits per heavy atom. The van der Waals surface area contributed by atoms with Crippen LogP contribution in [0.15, 0.2) is 22.6 Å². The van der Waals surface area contributed by atoms with E-state index < -0.39 is 0 Å². The number of anilines is 1. The Balaban J connectivity index is 2.73. The summed E-state index contributed by atoms with van der Waals surface area (Å²) in [4.78, 5) is 0. The molecular formula is C14H14N2O. The molecule has 2 N–H and O–H groups in total. The van der Waals surface area contributed by atoms with Gasteiger partial charge in [-0.15, -0.1) is 0 Å². The zero-order chi connectivity index (χ0) is 12.6. The summed E-state index contributed by atoms with van der Waals surface area (Å²) in [6.45, 7) is 5.89. The Labute approximate surface area is 100 Å². The molecule has 0 fully saturated rings. The number of hydrogen-bond acceptors (Lipinski definition) is 3. The molecular weight excluding hydrogens is 212 g/mol. The molecule has 86 valence electrons. The van der Waals surface area contributed by atoms with Gasteiger partial charge in [-0.25, -0.2) is 0 Å². The average Bonchev–Trinajstić information content (AvgIpc) is 2.53. The van der Waals surface area contributed by atoms with E-state index in [1.807, 2.05) is 32.9 Å². The highest BCUT2D eigenvalue weighted by Gasteiger charge is 2.18. The molecule has 0 bridgehead atoms. The number of nitriles is 1. The predicted molar refractivity (Wildman–Crippen MR) is 67.5 cm³/mol. The summed E-state index contributed by atoms with van der Waals surface area (Å²) in [6.07, 6.45) is 0. The van der Waals surface area contributed by atoms with Crippen LogP contribution in [0, 0.1) is 32.1 Å². The highest BCUT2D eigenvalue weighted by atomic mass is 16.4. The van der Waals surface area contributed by atoms with Gasteiger partial charge in [0.05, 0.1) is 0 Å². The van der Waals surface area contributed by atoms with Crippen LogP contribution in [-0.4, -0.2) is 0 Å². The molecule has 0 unspecified atom stereocenters. The van der Waals surface area contributed by atoms with Crippen molar-refractivity contribution in [2.75, 3.05) is 5.73 Å². The topological polar surface area (TPSA) is 62.9 Å². The minimum absolute atomic E-state index is 0.194. The Kier molecular flexibility index (Phi) is 2.64. The molecule has 2 aromatic rings. The van der Waals surface area contributed by atoms with Crippen LogP contribution in [0.3, 0.4) is 0 Å². The van der Waals surface area contributed by atoms with Crippen molar-refractivity contribution in [3.05, 3.63) is 40.6 Å². The Morgan fingerprint density at radius 2 is 1.94 bits per heavy atom. The lowest BCUT2D eigenvalue weighted by molar-refractivity contribution is 0.554. The summed E-state index contributed by atoms with van der Waals surface area (Å²) in [5.74, 6) is 0.881. The lowest BCUT2D eigenvalue weighted by Crippen LogP contribution is -1.89. The third kappa shape index (κ3) is 1.78. The smallest absolute Gasteiger partial charge is 0.209 e. The van der Waals surface area contributed by atoms with E-state index in [1.54, 1.807) is 0 Å². The van der Waals surface area contributed by atoms with Crippen LogP contribution in [0.2, 0.25) is 0 Å². The largest absolute Gasteiger partial charge is 0.444 e. The fourth-order valence-electron chi connectivity index (χ4n) is 2.10. The average molecular weight is 226 g/mol. The second-order valence-electron chi connectivity index (χ2n) is 4.20. The minimum atomic E-state index is 0.194. The lowest BCUT2D eigenvalue weighted by Gasteiger charge is -2.06. The van der Waals surface area contributed by atoms with E-state index in [9.17, 15) is 0 Å². The number of nitrogens with two attached hydrogens (primary N) is 1. The van der Waals surface area contributed by atoms with Crippen molar-refractivity contribution in [1.82, 2.24) is 0 Å². The molecule has 0 atom stereocenters. The monoisotopic (exact) mass is 226 g/mol. The molecule has 0 aliphatic heterocycles. The molecule has 0 saturated heterocycles. The van der Waals surface area contributed by atoms with Gasteiger partial charge in [-0.1, -0.05) is 23.8 Å². The first-order valence-electron chi connectivity index (χ1n) is 5.41. The van der Waals surface area contributed by atoms with Crippen molar-refractivity contribution >= 4 is 5.88 Å². The Morgan fingerprint density at radius 3 is 2.53 bits per heavy atom. The highest BCUT2D eigenvalue weighted by molar-refractivity contribution is 5.79. The maximum atomic E-state index is 9.13. The number of nitrogen functional groups attached to an aromatic ring is 1. The van der Waals surface area contributed by atoms with Crippen molar-refractivity contribution in [3.63, 3.8) is 0 Å². The van der Waals surface area contributed by atoms with E-state index in [-0.39, 0.29) is 5.88 Å². The third-order valence-corrected chi connectivity index (χ3v) is 2.87. The standard InChI is InChI=1S/C14H14N2O/c1-8-4-5-11(9(2)6-8)13-10(3)17-14(16)12(13)7-15/h4-6H,16H2,1-3H3. The summed E-state index contributed by atoms with van der Waals surface area (Å²) in [5, 5.41) is 9.13. The zero-order valence-corrected chi connectivity index (χ0v) is 10.2. The first-order valence-corrected chi connectivity index (χ1v) is 5.41. The van der Waals surface area contributed by atoms with E-state index in [0.29, 0.717) is 11.3 Å². The number of benzene rings is 1. The molecule has 0 spiro atoms. The molecule has 0 aliphatic carbocycles. The van der Waals surface area contributed by atoms with Gasteiger partial charge in [-0.3, -0.25) is 0 Å². The van der Waals surface area contributed by atoms with Crippen LogP contribution in [0.4, 0.5) is 5.88 Å². The molecule has 0 saturated carbocycles. The molecule has 2 rings (SSSR count). The maximum absolute atomic E-state index is 9.13. The van der Waals surface area contributed by atoms with Gasteiger partial charge in [0.25, 0.3) is 0 Å². The van der Waals surface area contributed by atoms with Gasteiger partial charge >= 0.3 is 0 Å². The van der Waals surface area contributed by atoms with Gasteiger partial charge in [-0.2, -0.15) is 5.26 Å². The number of rotatable bonds is 1. The Hall–Kier alpha value is -2.21. The lowest BCUT2D eigenvalue weighted by atomic mass is 9.96. The van der Waals surface area contributed by atoms with Gasteiger partial charge in [0.15, 0.2) is 0 Å². The van der Waals surface area contributed by atoms with Crippen molar-refractivity contribution in [2.45, 2.75) is 20.8 Å². The summed E-state index contributed by atoms with van der Waals surface area (Å²) in [5.41, 5.74) is 10.2. The number of nitrogens with zero attached hydrogens (tertiary/aromatic N) is 1. The van der Waals surface area contributed by atoms with Gasteiger partial charge < -0.3 is 10.2 Å². The summed E-state index contributed by atoms with van der Waals surface area (Å²) >= 11 is 0. The highest BCUT2D eigenvalue weighted by Crippen LogP contribution is 2.35. The van der Waals surface area contributed by atoms with E-state index >= 15 is 0 Å². The van der Waals surface area contributed by atoms with Gasteiger partial charge in [0.1, 0.15) is 17.4 Å². The number of hydrogen-bond donors (Lipinski definition) is 1. The molecule has 0 aliphatic rings. The first kappa shape index (κ1) is 11.3. The van der Waals surface area contributed by atoms with Crippen LogP contribution >= 0.6 is 0 Å². The van der Waals surface area contributed by atoms with E-state index in [2.05, 4.69) is 12.1 Å². The molecule has 1 aromatic heterocycles. The fourth-order valence-corrected chi connectivity index (χ4v) is 2.10. The zero-order valence-electron chi connectivity index (χ0n) is 10.2. The third-order valence-electron chi connectivity index (χ3n) is 2.87. The van der Waals surface area contributed by atoms with E-state index in [4.69, 9.17) is 15.4 Å². The molecule has 1 heterocycles. The second kappa shape index (κ2) is 3.99. The van der Waals surface area contributed by atoms with Gasteiger partial charge in [0, 0.05) is 5.56 Å². The fraction of sp³-hybridized carbons (Fsp3) is 0.214. The molecule has 3 heteroatoms. The molecule has 1 aromatic carbocycles. The van der Waals surface area contributed by atoms with Crippen LogP contribution in [0.25, 0.3) is 11.1 Å². The summed E-state index contributed by atoms with van der Waals surface area (Å²) < 4.78 is 5.33. The van der Waals surface area contributed by atoms with Crippen molar-refractivity contribution < 1.29 is 4.42 Å². The van der Waals surface area contributed by atoms with Crippen LogP contribution in [0.5, 0.6) is 0 Å². The normalized spacial score (nSPS) is 10.2. The van der Waals surface area contributed by atoms with E-state index in [1.165, 1.54) is 5.56 Å². The van der Waals surface area contributed by atoms with Crippen molar-refractivity contribution in [1.29, 1.82) is 5.26 Å². The SMILES string of the molecule is Cc1ccc(-c2c(C)oc(N)c2C#N)c(C)c1. The maximum Gasteiger partial charge on any atom is 0.209 e. The number of furan rings is 1. The van der Waals surface area contributed by atoms with E-state index in [0.717, 1.165) is 16.7 Å². The first-order chi connectivity index (χ1) is 8.04. The van der Waals surface area contributed by atoms with Gasteiger partial charge in [0.2, 0.25) is 5.88 Å². The predicted octanol–water partition coefficient (Wildman–Crippen LogP) is 3.33.